The third-order valence-corrected chi connectivity index (χ3v) is 3.56. The number of carboxylic acid groups (broad SMARTS) is 1. The maximum absolute atomic E-state index is 11.4. The van der Waals surface area contributed by atoms with Crippen LogP contribution in [0.1, 0.15) is 10.5 Å². The molecular formula is C13H10N4O3S. The summed E-state index contributed by atoms with van der Waals surface area (Å²) in [5.41, 5.74) is 0.891. The van der Waals surface area contributed by atoms with Crippen molar-refractivity contribution in [2.45, 2.75) is 0 Å². The van der Waals surface area contributed by atoms with Crippen molar-refractivity contribution in [1.82, 2.24) is 20.0 Å². The van der Waals surface area contributed by atoms with E-state index in [0.717, 1.165) is 0 Å². The van der Waals surface area contributed by atoms with Crippen LogP contribution in [0.25, 0.3) is 16.4 Å². The van der Waals surface area contributed by atoms with Crippen LogP contribution in [0.4, 0.5) is 0 Å². The molecule has 106 valence electrons. The second-order valence-corrected chi connectivity index (χ2v) is 4.92. The van der Waals surface area contributed by atoms with Gasteiger partial charge in [-0.1, -0.05) is 17.3 Å². The molecule has 2 heterocycles. The zero-order valence-electron chi connectivity index (χ0n) is 10.9. The van der Waals surface area contributed by atoms with Crippen molar-refractivity contribution >= 4 is 17.3 Å². The lowest BCUT2D eigenvalue weighted by atomic mass is 10.1. The maximum atomic E-state index is 11.4. The van der Waals surface area contributed by atoms with Crippen LogP contribution in [-0.4, -0.2) is 38.2 Å². The monoisotopic (exact) mass is 302 g/mol. The van der Waals surface area contributed by atoms with Crippen LogP contribution in [0.15, 0.2) is 35.8 Å². The van der Waals surface area contributed by atoms with Gasteiger partial charge in [0.1, 0.15) is 11.4 Å². The highest BCUT2D eigenvalue weighted by molar-refractivity contribution is 7.12. The Balaban J connectivity index is 2.23. The van der Waals surface area contributed by atoms with Gasteiger partial charge in [-0.25, -0.2) is 9.78 Å². The summed E-state index contributed by atoms with van der Waals surface area (Å²) in [5.74, 6) is -0.522. The summed E-state index contributed by atoms with van der Waals surface area (Å²) in [6.45, 7) is 0. The van der Waals surface area contributed by atoms with Gasteiger partial charge in [-0.15, -0.1) is 16.4 Å². The molecule has 0 spiro atoms. The van der Waals surface area contributed by atoms with Crippen LogP contribution in [0.2, 0.25) is 0 Å². The molecule has 0 aliphatic rings. The van der Waals surface area contributed by atoms with Crippen molar-refractivity contribution in [3.63, 3.8) is 0 Å². The number of rotatable bonds is 4. The van der Waals surface area contributed by atoms with Gasteiger partial charge < -0.3 is 9.84 Å². The standard InChI is InChI=1S/C13H10N4O3S/c1-20-9-4-2-3-8(7-9)11-10(12(18)19)15-16-17(11)13-14-5-6-21-13/h2-7H,1H3,(H,18,19). The lowest BCUT2D eigenvalue weighted by molar-refractivity contribution is 0.0691. The molecule has 3 aromatic rings. The van der Waals surface area contributed by atoms with Crippen molar-refractivity contribution in [3.05, 3.63) is 41.5 Å². The Morgan fingerprint density at radius 3 is 2.95 bits per heavy atom. The van der Waals surface area contributed by atoms with E-state index in [0.29, 0.717) is 22.1 Å². The molecule has 0 saturated heterocycles. The smallest absolute Gasteiger partial charge is 0.358 e. The third-order valence-electron chi connectivity index (χ3n) is 2.82. The fourth-order valence-electron chi connectivity index (χ4n) is 1.91. The average molecular weight is 302 g/mol. The Hall–Kier alpha value is -2.74. The minimum atomic E-state index is -1.14. The number of ether oxygens (including phenoxy) is 1. The van der Waals surface area contributed by atoms with Gasteiger partial charge in [0.15, 0.2) is 5.69 Å². The van der Waals surface area contributed by atoms with Crippen LogP contribution in [0.3, 0.4) is 0 Å². The molecule has 1 aromatic carbocycles. The molecule has 0 radical (unpaired) electrons. The van der Waals surface area contributed by atoms with Gasteiger partial charge in [0.25, 0.3) is 0 Å². The van der Waals surface area contributed by atoms with Crippen LogP contribution in [0.5, 0.6) is 5.75 Å². The van der Waals surface area contributed by atoms with Crippen molar-refractivity contribution < 1.29 is 14.6 Å². The zero-order chi connectivity index (χ0) is 14.8. The van der Waals surface area contributed by atoms with E-state index in [2.05, 4.69) is 15.3 Å². The molecule has 0 aliphatic heterocycles. The number of carboxylic acids is 1. The number of hydrogen-bond acceptors (Lipinski definition) is 6. The molecule has 7 nitrogen and oxygen atoms in total. The summed E-state index contributed by atoms with van der Waals surface area (Å²) in [5, 5.41) is 19.3. The Morgan fingerprint density at radius 2 is 2.29 bits per heavy atom. The minimum absolute atomic E-state index is 0.126. The lowest BCUT2D eigenvalue weighted by Crippen LogP contribution is -2.03. The highest BCUT2D eigenvalue weighted by Crippen LogP contribution is 2.28. The van der Waals surface area contributed by atoms with E-state index < -0.39 is 5.97 Å². The summed E-state index contributed by atoms with van der Waals surface area (Å²) < 4.78 is 6.59. The molecule has 3 rings (SSSR count). The van der Waals surface area contributed by atoms with E-state index in [1.807, 2.05) is 0 Å². The zero-order valence-corrected chi connectivity index (χ0v) is 11.7. The quantitative estimate of drug-likeness (QED) is 0.793. The van der Waals surface area contributed by atoms with Gasteiger partial charge in [0.2, 0.25) is 5.13 Å². The summed E-state index contributed by atoms with van der Waals surface area (Å²) in [6.07, 6.45) is 1.62. The Kier molecular flexibility index (Phi) is 3.36. The molecular weight excluding hydrogens is 292 g/mol. The van der Waals surface area contributed by atoms with E-state index in [4.69, 9.17) is 4.74 Å². The van der Waals surface area contributed by atoms with Crippen LogP contribution in [0, 0.1) is 0 Å². The molecule has 0 amide bonds. The predicted octanol–water partition coefficient (Wildman–Crippen LogP) is 2.10. The largest absolute Gasteiger partial charge is 0.497 e. The first-order valence-corrected chi connectivity index (χ1v) is 6.82. The normalized spacial score (nSPS) is 10.5. The van der Waals surface area contributed by atoms with Crippen LogP contribution in [-0.2, 0) is 0 Å². The first-order chi connectivity index (χ1) is 10.2. The number of benzene rings is 1. The predicted molar refractivity (Wildman–Crippen MR) is 76.0 cm³/mol. The third kappa shape index (κ3) is 2.36. The maximum Gasteiger partial charge on any atom is 0.358 e. The average Bonchev–Trinajstić information content (AvgIpc) is 3.15. The van der Waals surface area contributed by atoms with Gasteiger partial charge in [0.05, 0.1) is 7.11 Å². The van der Waals surface area contributed by atoms with Crippen LogP contribution < -0.4 is 4.74 Å². The molecule has 21 heavy (non-hydrogen) atoms. The Morgan fingerprint density at radius 1 is 1.43 bits per heavy atom. The second-order valence-electron chi connectivity index (χ2n) is 4.05. The van der Waals surface area contributed by atoms with Crippen molar-refractivity contribution in [2.24, 2.45) is 0 Å². The van der Waals surface area contributed by atoms with E-state index in [1.54, 1.807) is 43.0 Å². The van der Waals surface area contributed by atoms with Gasteiger partial charge in [-0.2, -0.15) is 4.68 Å². The fraction of sp³-hybridized carbons (Fsp3) is 0.0769. The number of hydrogen-bond donors (Lipinski definition) is 1. The second kappa shape index (κ2) is 5.33. The molecule has 0 fully saturated rings. The van der Waals surface area contributed by atoms with Gasteiger partial charge in [0, 0.05) is 17.1 Å². The molecule has 8 heteroatoms. The van der Waals surface area contributed by atoms with Crippen molar-refractivity contribution in [1.29, 1.82) is 0 Å². The van der Waals surface area contributed by atoms with Crippen LogP contribution >= 0.6 is 11.3 Å². The minimum Gasteiger partial charge on any atom is -0.497 e. The first-order valence-electron chi connectivity index (χ1n) is 5.94. The lowest BCUT2D eigenvalue weighted by Gasteiger charge is -2.06. The Bertz CT molecular complexity index is 783. The number of aromatic carboxylic acids is 1. The van der Waals surface area contributed by atoms with Gasteiger partial charge in [-0.3, -0.25) is 0 Å². The molecule has 0 unspecified atom stereocenters. The number of thiazole rings is 1. The first kappa shape index (κ1) is 13.3. The number of methoxy groups -OCH3 is 1. The number of aromatic nitrogens is 4. The van der Waals surface area contributed by atoms with E-state index in [9.17, 15) is 9.90 Å². The van der Waals surface area contributed by atoms with Crippen molar-refractivity contribution in [3.8, 4) is 22.1 Å². The summed E-state index contributed by atoms with van der Waals surface area (Å²) >= 11 is 1.35. The topological polar surface area (TPSA) is 90.1 Å². The highest BCUT2D eigenvalue weighted by Gasteiger charge is 2.22. The molecule has 1 N–H and O–H groups in total. The summed E-state index contributed by atoms with van der Waals surface area (Å²) in [7, 11) is 1.55. The Labute approximate surface area is 123 Å². The molecule has 0 saturated carbocycles. The van der Waals surface area contributed by atoms with Gasteiger partial charge >= 0.3 is 5.97 Å². The molecule has 0 atom stereocenters. The van der Waals surface area contributed by atoms with E-state index in [-0.39, 0.29) is 5.69 Å². The molecule has 0 aliphatic carbocycles. The molecule has 0 bridgehead atoms. The van der Waals surface area contributed by atoms with Gasteiger partial charge in [-0.05, 0) is 12.1 Å². The van der Waals surface area contributed by atoms with E-state index in [1.165, 1.54) is 16.0 Å². The highest BCUT2D eigenvalue weighted by atomic mass is 32.1. The summed E-state index contributed by atoms with van der Waals surface area (Å²) in [4.78, 5) is 15.5. The molecule has 2 aromatic heterocycles. The summed E-state index contributed by atoms with van der Waals surface area (Å²) in [6, 6.07) is 7.06. The fourth-order valence-corrected chi connectivity index (χ4v) is 2.50. The number of carbonyl (C=O) groups is 1. The van der Waals surface area contributed by atoms with E-state index >= 15 is 0 Å². The SMILES string of the molecule is COc1cccc(-c2c(C(=O)O)nnn2-c2nccs2)c1. The van der Waals surface area contributed by atoms with Crippen molar-refractivity contribution in [2.75, 3.05) is 7.11 Å². The number of nitrogens with zero attached hydrogens (tertiary/aromatic N) is 4.